The molecule has 0 unspecified atom stereocenters. The van der Waals surface area contributed by atoms with Crippen LogP contribution in [0.3, 0.4) is 0 Å². The third-order valence-corrected chi connectivity index (χ3v) is 1.43. The molecule has 0 fully saturated rings. The molecule has 0 aliphatic carbocycles. The summed E-state index contributed by atoms with van der Waals surface area (Å²) in [6.45, 7) is 3.08. The van der Waals surface area contributed by atoms with E-state index in [0.717, 1.165) is 6.42 Å². The Kier molecular flexibility index (Phi) is 3.25. The van der Waals surface area contributed by atoms with Crippen molar-refractivity contribution in [2.24, 2.45) is 9.98 Å². The van der Waals surface area contributed by atoms with Crippen LogP contribution in [0.2, 0.25) is 0 Å². The molecular weight excluding hydrogens is 156 g/mol. The first-order valence-corrected chi connectivity index (χ1v) is 3.82. The highest BCUT2D eigenvalue weighted by molar-refractivity contribution is 5.73. The number of amides is 1. The van der Waals surface area contributed by atoms with Crippen LogP contribution >= 0.6 is 0 Å². The lowest BCUT2D eigenvalue weighted by Gasteiger charge is -2.27. The first kappa shape index (κ1) is 8.70. The normalized spacial score (nSPS) is 14.9. The lowest BCUT2D eigenvalue weighted by Crippen LogP contribution is -2.42. The smallest absolute Gasteiger partial charge is 0.261 e. The summed E-state index contributed by atoms with van der Waals surface area (Å²) in [6, 6.07) is 0. The highest BCUT2D eigenvalue weighted by Crippen LogP contribution is 1.96. The summed E-state index contributed by atoms with van der Waals surface area (Å²) in [5, 5.41) is 3.05. The summed E-state index contributed by atoms with van der Waals surface area (Å²) in [5.74, 6) is 0. The number of aliphatic imine (C=N–C) groups is 2. The van der Waals surface area contributed by atoms with E-state index >= 15 is 0 Å². The zero-order valence-electron chi connectivity index (χ0n) is 6.97. The Hall–Kier alpha value is -1.39. The standard InChI is InChI=1S/C7H11N4O/c1-2-3-10(7-12)11-5-8-4-9-6-11/h4-5H,2-3,6H2,1H3. The van der Waals surface area contributed by atoms with Gasteiger partial charge in [0.05, 0.1) is 0 Å². The Labute approximate surface area is 71.4 Å². The molecule has 0 aromatic carbocycles. The highest BCUT2D eigenvalue weighted by atomic mass is 16.1. The summed E-state index contributed by atoms with van der Waals surface area (Å²) in [5.41, 5.74) is 0. The van der Waals surface area contributed by atoms with Crippen LogP contribution in [0.5, 0.6) is 0 Å². The van der Waals surface area contributed by atoms with Crippen molar-refractivity contribution < 1.29 is 4.79 Å². The SMILES string of the molecule is CCCN([C]=O)N1C=NC=NC1. The molecule has 0 saturated carbocycles. The molecule has 5 heteroatoms. The molecule has 0 aromatic rings. The lowest BCUT2D eigenvalue weighted by molar-refractivity contribution is 0.135. The molecule has 0 bridgehead atoms. The van der Waals surface area contributed by atoms with Crippen LogP contribution in [0.1, 0.15) is 13.3 Å². The van der Waals surface area contributed by atoms with Gasteiger partial charge in [-0.1, -0.05) is 6.92 Å². The zero-order chi connectivity index (χ0) is 8.81. The van der Waals surface area contributed by atoms with Crippen molar-refractivity contribution in [3.63, 3.8) is 0 Å². The third kappa shape index (κ3) is 2.05. The van der Waals surface area contributed by atoms with Crippen LogP contribution in [0, 0.1) is 0 Å². The van der Waals surface area contributed by atoms with Gasteiger partial charge in [0, 0.05) is 6.54 Å². The Morgan fingerprint density at radius 2 is 2.58 bits per heavy atom. The predicted octanol–water partition coefficient (Wildman–Crippen LogP) is 0.0103. The average molecular weight is 167 g/mol. The van der Waals surface area contributed by atoms with Crippen LogP contribution in [0.25, 0.3) is 0 Å². The van der Waals surface area contributed by atoms with Gasteiger partial charge in [-0.05, 0) is 6.42 Å². The Morgan fingerprint density at radius 3 is 3.08 bits per heavy atom. The van der Waals surface area contributed by atoms with Gasteiger partial charge in [0.15, 0.2) is 0 Å². The Morgan fingerprint density at radius 1 is 1.75 bits per heavy atom. The van der Waals surface area contributed by atoms with Crippen molar-refractivity contribution in [2.75, 3.05) is 13.2 Å². The van der Waals surface area contributed by atoms with E-state index in [1.54, 1.807) is 11.3 Å². The largest absolute Gasteiger partial charge is 0.332 e. The minimum atomic E-state index is 0.443. The topological polar surface area (TPSA) is 48.3 Å². The van der Waals surface area contributed by atoms with Crippen LogP contribution in [0.4, 0.5) is 0 Å². The minimum absolute atomic E-state index is 0.443. The molecule has 1 rings (SSSR count). The molecule has 12 heavy (non-hydrogen) atoms. The van der Waals surface area contributed by atoms with Crippen molar-refractivity contribution >= 4 is 19.1 Å². The van der Waals surface area contributed by atoms with Gasteiger partial charge in [0.1, 0.15) is 19.3 Å². The molecule has 65 valence electrons. The molecule has 0 saturated heterocycles. The lowest BCUT2D eigenvalue weighted by atomic mass is 10.5. The van der Waals surface area contributed by atoms with E-state index in [1.807, 2.05) is 13.3 Å². The van der Waals surface area contributed by atoms with Crippen molar-refractivity contribution in [3.8, 4) is 0 Å². The first-order chi connectivity index (χ1) is 5.88. The van der Waals surface area contributed by atoms with Gasteiger partial charge in [-0.2, -0.15) is 0 Å². The second kappa shape index (κ2) is 4.48. The Bertz CT molecular complexity index is 202. The van der Waals surface area contributed by atoms with Gasteiger partial charge in [0.25, 0.3) is 0 Å². The van der Waals surface area contributed by atoms with E-state index in [0.29, 0.717) is 13.2 Å². The summed E-state index contributed by atoms with van der Waals surface area (Å²) in [4.78, 5) is 18.1. The third-order valence-electron chi connectivity index (χ3n) is 1.43. The average Bonchev–Trinajstić information content (AvgIpc) is 2.15. The molecule has 0 aromatic heterocycles. The highest BCUT2D eigenvalue weighted by Gasteiger charge is 2.10. The van der Waals surface area contributed by atoms with Gasteiger partial charge >= 0.3 is 6.41 Å². The van der Waals surface area contributed by atoms with E-state index in [1.165, 1.54) is 11.3 Å². The molecule has 0 atom stereocenters. The number of hydrogen-bond donors (Lipinski definition) is 0. The van der Waals surface area contributed by atoms with E-state index in [4.69, 9.17) is 0 Å². The van der Waals surface area contributed by atoms with Gasteiger partial charge < -0.3 is 0 Å². The quantitative estimate of drug-likeness (QED) is 0.554. The van der Waals surface area contributed by atoms with Crippen molar-refractivity contribution in [3.05, 3.63) is 0 Å². The van der Waals surface area contributed by atoms with Crippen molar-refractivity contribution in [2.45, 2.75) is 13.3 Å². The number of carbonyl (C=O) groups excluding carboxylic acids is 1. The molecular formula is C7H11N4O. The zero-order valence-corrected chi connectivity index (χ0v) is 6.97. The second-order valence-corrected chi connectivity index (χ2v) is 2.36. The van der Waals surface area contributed by atoms with E-state index < -0.39 is 0 Å². The molecule has 5 nitrogen and oxygen atoms in total. The number of hydrogen-bond acceptors (Lipinski definition) is 4. The van der Waals surface area contributed by atoms with Crippen LogP contribution < -0.4 is 0 Å². The van der Waals surface area contributed by atoms with Crippen LogP contribution in [-0.2, 0) is 4.79 Å². The predicted molar refractivity (Wildman–Crippen MR) is 46.4 cm³/mol. The fraction of sp³-hybridized carbons (Fsp3) is 0.571. The van der Waals surface area contributed by atoms with E-state index in [-0.39, 0.29) is 0 Å². The number of nitrogens with zero attached hydrogens (tertiary/aromatic N) is 4. The fourth-order valence-electron chi connectivity index (χ4n) is 0.888. The number of hydrazine groups is 1. The molecule has 1 aliphatic rings. The maximum absolute atomic E-state index is 10.4. The second-order valence-electron chi connectivity index (χ2n) is 2.36. The van der Waals surface area contributed by atoms with Crippen LogP contribution in [-0.4, -0.2) is 42.3 Å². The van der Waals surface area contributed by atoms with Crippen molar-refractivity contribution in [1.82, 2.24) is 10.0 Å². The van der Waals surface area contributed by atoms with Crippen molar-refractivity contribution in [1.29, 1.82) is 0 Å². The van der Waals surface area contributed by atoms with Gasteiger partial charge in [-0.3, -0.25) is 9.79 Å². The number of rotatable bonds is 4. The summed E-state index contributed by atoms with van der Waals surface area (Å²) >= 11 is 0. The molecule has 1 radical (unpaired) electrons. The summed E-state index contributed by atoms with van der Waals surface area (Å²) in [6.07, 6.45) is 5.74. The van der Waals surface area contributed by atoms with Gasteiger partial charge in [-0.25, -0.2) is 15.0 Å². The van der Waals surface area contributed by atoms with Gasteiger partial charge in [-0.15, -0.1) is 0 Å². The maximum Gasteiger partial charge on any atom is 0.332 e. The monoisotopic (exact) mass is 167 g/mol. The Balaban J connectivity index is 2.48. The molecule has 0 N–H and O–H groups in total. The first-order valence-electron chi connectivity index (χ1n) is 3.82. The molecule has 0 spiro atoms. The maximum atomic E-state index is 10.4. The van der Waals surface area contributed by atoms with E-state index in [2.05, 4.69) is 9.98 Å². The molecule has 1 amide bonds. The van der Waals surface area contributed by atoms with Crippen LogP contribution in [0.15, 0.2) is 9.98 Å². The summed E-state index contributed by atoms with van der Waals surface area (Å²) < 4.78 is 0. The van der Waals surface area contributed by atoms with Gasteiger partial charge in [0.2, 0.25) is 0 Å². The van der Waals surface area contributed by atoms with E-state index in [9.17, 15) is 4.79 Å². The summed E-state index contributed by atoms with van der Waals surface area (Å²) in [7, 11) is 0. The fourth-order valence-corrected chi connectivity index (χ4v) is 0.888. The molecule has 1 aliphatic heterocycles. The minimum Gasteiger partial charge on any atom is -0.261 e. The molecule has 1 heterocycles.